The van der Waals surface area contributed by atoms with Crippen molar-refractivity contribution in [3.8, 4) is 11.3 Å². The molecule has 1 atom stereocenters. The highest BCUT2D eigenvalue weighted by molar-refractivity contribution is 7.94. The van der Waals surface area contributed by atoms with E-state index in [4.69, 9.17) is 4.42 Å². The lowest BCUT2D eigenvalue weighted by molar-refractivity contribution is 0.0948. The SMILES string of the molecule is Cc1c(-c2ccccc2)oc2c(C(=O)N[C@H]3C=CS(=O)(=O)C3)cccc2c1=O. The minimum Gasteiger partial charge on any atom is -0.455 e. The molecule has 1 amide bonds. The Labute approximate surface area is 161 Å². The summed E-state index contributed by atoms with van der Waals surface area (Å²) < 4.78 is 29.1. The van der Waals surface area contributed by atoms with Crippen LogP contribution in [-0.2, 0) is 9.84 Å². The molecule has 1 aromatic heterocycles. The molecule has 0 spiro atoms. The highest BCUT2D eigenvalue weighted by atomic mass is 32.2. The summed E-state index contributed by atoms with van der Waals surface area (Å²) in [5, 5.41) is 4.07. The molecule has 7 heteroatoms. The van der Waals surface area contributed by atoms with Crippen LogP contribution in [0, 0.1) is 6.92 Å². The van der Waals surface area contributed by atoms with Crippen molar-refractivity contribution < 1.29 is 17.6 Å². The second kappa shape index (κ2) is 6.76. The van der Waals surface area contributed by atoms with Crippen molar-refractivity contribution in [2.75, 3.05) is 5.75 Å². The van der Waals surface area contributed by atoms with Crippen LogP contribution in [0.15, 0.2) is 69.2 Å². The molecule has 2 aromatic carbocycles. The first-order valence-corrected chi connectivity index (χ1v) is 10.4. The summed E-state index contributed by atoms with van der Waals surface area (Å²) in [6.07, 6.45) is 1.44. The Bertz CT molecular complexity index is 1270. The van der Waals surface area contributed by atoms with Gasteiger partial charge in [-0.25, -0.2) is 8.42 Å². The van der Waals surface area contributed by atoms with Gasteiger partial charge in [-0.1, -0.05) is 36.4 Å². The largest absolute Gasteiger partial charge is 0.455 e. The van der Waals surface area contributed by atoms with Crippen LogP contribution < -0.4 is 10.7 Å². The summed E-state index contributed by atoms with van der Waals surface area (Å²) in [4.78, 5) is 25.6. The second-order valence-corrected chi connectivity index (χ2v) is 8.60. The summed E-state index contributed by atoms with van der Waals surface area (Å²) in [7, 11) is -3.29. The molecule has 1 N–H and O–H groups in total. The van der Waals surface area contributed by atoms with Crippen molar-refractivity contribution in [2.45, 2.75) is 13.0 Å². The Balaban J connectivity index is 1.81. The molecule has 6 nitrogen and oxygen atoms in total. The number of para-hydroxylation sites is 1. The Hall–Kier alpha value is -3.19. The Morgan fingerprint density at radius 2 is 1.86 bits per heavy atom. The van der Waals surface area contributed by atoms with E-state index in [1.54, 1.807) is 25.1 Å². The van der Waals surface area contributed by atoms with Crippen molar-refractivity contribution in [3.05, 3.63) is 81.4 Å². The molecule has 1 aliphatic heterocycles. The molecule has 0 radical (unpaired) electrons. The number of fused-ring (bicyclic) bond motifs is 1. The quantitative estimate of drug-likeness (QED) is 0.736. The zero-order chi connectivity index (χ0) is 19.9. The van der Waals surface area contributed by atoms with Gasteiger partial charge in [0, 0.05) is 16.5 Å². The number of rotatable bonds is 3. The van der Waals surface area contributed by atoms with Crippen LogP contribution in [0.25, 0.3) is 22.3 Å². The molecule has 0 saturated carbocycles. The average Bonchev–Trinajstić information content (AvgIpc) is 3.03. The number of carbonyl (C=O) groups excluding carboxylic acids is 1. The van der Waals surface area contributed by atoms with Gasteiger partial charge in [-0.05, 0) is 25.1 Å². The van der Waals surface area contributed by atoms with Crippen molar-refractivity contribution in [3.63, 3.8) is 0 Å². The molecule has 2 heterocycles. The smallest absolute Gasteiger partial charge is 0.255 e. The second-order valence-electron chi connectivity index (χ2n) is 6.67. The van der Waals surface area contributed by atoms with Gasteiger partial charge in [-0.3, -0.25) is 9.59 Å². The van der Waals surface area contributed by atoms with E-state index in [1.807, 2.05) is 30.3 Å². The van der Waals surface area contributed by atoms with Crippen LogP contribution in [0.2, 0.25) is 0 Å². The van der Waals surface area contributed by atoms with Crippen LogP contribution in [0.5, 0.6) is 0 Å². The standard InChI is InChI=1S/C21H17NO5S/c1-13-18(23)16-8-5-9-17(21(24)22-15-10-11-28(25,26)12-15)20(16)27-19(13)14-6-3-2-4-7-14/h2-11,15H,12H2,1H3,(H,22,24)/t15-/m0/s1. The Kier molecular flexibility index (Phi) is 4.39. The lowest BCUT2D eigenvalue weighted by Gasteiger charge is -2.13. The number of amides is 1. The van der Waals surface area contributed by atoms with E-state index < -0.39 is 21.8 Å². The predicted octanol–water partition coefficient (Wildman–Crippen LogP) is 2.81. The summed E-state index contributed by atoms with van der Waals surface area (Å²) in [6.45, 7) is 1.69. The van der Waals surface area contributed by atoms with Crippen LogP contribution in [-0.4, -0.2) is 26.1 Å². The first-order valence-electron chi connectivity index (χ1n) is 8.69. The molecule has 0 saturated heterocycles. The number of carbonyl (C=O) groups is 1. The first-order chi connectivity index (χ1) is 13.4. The van der Waals surface area contributed by atoms with Crippen molar-refractivity contribution in [1.29, 1.82) is 0 Å². The minimum atomic E-state index is -3.29. The van der Waals surface area contributed by atoms with Crippen LogP contribution in [0.1, 0.15) is 15.9 Å². The maximum absolute atomic E-state index is 12.8. The van der Waals surface area contributed by atoms with E-state index in [0.717, 1.165) is 11.0 Å². The normalized spacial score (nSPS) is 17.7. The zero-order valence-electron chi connectivity index (χ0n) is 15.0. The number of hydrogen-bond donors (Lipinski definition) is 1. The van der Waals surface area contributed by atoms with Gasteiger partial charge in [0.25, 0.3) is 5.91 Å². The van der Waals surface area contributed by atoms with E-state index in [9.17, 15) is 18.0 Å². The van der Waals surface area contributed by atoms with E-state index in [2.05, 4.69) is 5.32 Å². The first kappa shape index (κ1) is 18.2. The van der Waals surface area contributed by atoms with E-state index >= 15 is 0 Å². The summed E-state index contributed by atoms with van der Waals surface area (Å²) >= 11 is 0. The van der Waals surface area contributed by atoms with Gasteiger partial charge in [-0.15, -0.1) is 0 Å². The molecule has 3 aromatic rings. The highest BCUT2D eigenvalue weighted by Gasteiger charge is 2.25. The van der Waals surface area contributed by atoms with Gasteiger partial charge < -0.3 is 9.73 Å². The number of sulfone groups is 1. The van der Waals surface area contributed by atoms with Crippen molar-refractivity contribution >= 4 is 26.7 Å². The van der Waals surface area contributed by atoms with Crippen LogP contribution in [0.3, 0.4) is 0 Å². The minimum absolute atomic E-state index is 0.179. The molecule has 0 unspecified atom stereocenters. The van der Waals surface area contributed by atoms with Gasteiger partial charge in [0.05, 0.1) is 22.7 Å². The summed E-state index contributed by atoms with van der Waals surface area (Å²) in [6, 6.07) is 13.4. The lowest BCUT2D eigenvalue weighted by atomic mass is 10.0. The van der Waals surface area contributed by atoms with E-state index in [1.165, 1.54) is 6.08 Å². The molecule has 4 rings (SSSR count). The van der Waals surface area contributed by atoms with Gasteiger partial charge in [0.2, 0.25) is 0 Å². The molecule has 1 aliphatic rings. The number of benzene rings is 2. The third-order valence-electron chi connectivity index (χ3n) is 4.67. The highest BCUT2D eigenvalue weighted by Crippen LogP contribution is 2.27. The van der Waals surface area contributed by atoms with E-state index in [0.29, 0.717) is 16.7 Å². The molecule has 0 fully saturated rings. The van der Waals surface area contributed by atoms with Gasteiger partial charge in [0.15, 0.2) is 20.8 Å². The molecular formula is C21H17NO5S. The monoisotopic (exact) mass is 395 g/mol. The summed E-state index contributed by atoms with van der Waals surface area (Å²) in [5.74, 6) is -0.271. The van der Waals surface area contributed by atoms with Crippen LogP contribution >= 0.6 is 0 Å². The fourth-order valence-corrected chi connectivity index (χ4v) is 4.50. The fraction of sp³-hybridized carbons (Fsp3) is 0.143. The summed E-state index contributed by atoms with van der Waals surface area (Å²) in [5.41, 5.74) is 1.35. The average molecular weight is 395 g/mol. The maximum atomic E-state index is 12.8. The molecule has 0 bridgehead atoms. The molecule has 0 aliphatic carbocycles. The van der Waals surface area contributed by atoms with Gasteiger partial charge in [-0.2, -0.15) is 0 Å². The third kappa shape index (κ3) is 3.25. The Morgan fingerprint density at radius 1 is 1.11 bits per heavy atom. The van der Waals surface area contributed by atoms with Crippen molar-refractivity contribution in [2.24, 2.45) is 0 Å². The van der Waals surface area contributed by atoms with Gasteiger partial charge >= 0.3 is 0 Å². The topological polar surface area (TPSA) is 93.4 Å². The fourth-order valence-electron chi connectivity index (χ4n) is 3.27. The molecule has 142 valence electrons. The number of hydrogen-bond acceptors (Lipinski definition) is 5. The van der Waals surface area contributed by atoms with Crippen molar-refractivity contribution in [1.82, 2.24) is 5.32 Å². The molecular weight excluding hydrogens is 378 g/mol. The van der Waals surface area contributed by atoms with E-state index in [-0.39, 0.29) is 22.3 Å². The number of nitrogens with one attached hydrogen (secondary N) is 1. The lowest BCUT2D eigenvalue weighted by Crippen LogP contribution is -2.35. The zero-order valence-corrected chi connectivity index (χ0v) is 15.8. The molecule has 28 heavy (non-hydrogen) atoms. The third-order valence-corrected chi connectivity index (χ3v) is 6.07. The Morgan fingerprint density at radius 3 is 2.54 bits per heavy atom. The maximum Gasteiger partial charge on any atom is 0.255 e. The predicted molar refractivity (Wildman–Crippen MR) is 107 cm³/mol. The van der Waals surface area contributed by atoms with Gasteiger partial charge in [0.1, 0.15) is 5.76 Å². The van der Waals surface area contributed by atoms with Crippen LogP contribution in [0.4, 0.5) is 0 Å².